The van der Waals surface area contributed by atoms with Gasteiger partial charge in [0.15, 0.2) is 0 Å². The summed E-state index contributed by atoms with van der Waals surface area (Å²) in [6, 6.07) is 38.4. The van der Waals surface area contributed by atoms with E-state index < -0.39 is 7.92 Å². The molecule has 4 aromatic rings. The molecule has 0 aliphatic rings. The summed E-state index contributed by atoms with van der Waals surface area (Å²) in [6.07, 6.45) is 0. The second-order valence-electron chi connectivity index (χ2n) is 6.03. The van der Waals surface area contributed by atoms with E-state index in [2.05, 4.69) is 97.1 Å². The van der Waals surface area contributed by atoms with E-state index in [0.29, 0.717) is 0 Å². The Kier molecular flexibility index (Phi) is 5.16. The van der Waals surface area contributed by atoms with E-state index in [1.165, 1.54) is 27.0 Å². The van der Waals surface area contributed by atoms with Crippen LogP contribution in [0.2, 0.25) is 5.02 Å². The van der Waals surface area contributed by atoms with Gasteiger partial charge in [0.05, 0.1) is 0 Å². The molecule has 126 valence electrons. The fourth-order valence-electron chi connectivity index (χ4n) is 3.12. The van der Waals surface area contributed by atoms with Gasteiger partial charge in [0, 0.05) is 5.02 Å². The molecule has 0 unspecified atom stereocenters. The molecule has 0 spiro atoms. The summed E-state index contributed by atoms with van der Waals surface area (Å²) in [5, 5.41) is 4.84. The summed E-state index contributed by atoms with van der Waals surface area (Å²) in [4.78, 5) is 0. The zero-order chi connectivity index (χ0) is 17.8. The van der Waals surface area contributed by atoms with E-state index in [-0.39, 0.29) is 0 Å². The minimum absolute atomic E-state index is 0.631. The van der Waals surface area contributed by atoms with Gasteiger partial charge in [0.1, 0.15) is 0 Å². The number of hydrogen-bond acceptors (Lipinski definition) is 0. The Balaban J connectivity index is 1.91. The Morgan fingerprint density at radius 2 is 1.00 bits per heavy atom. The minimum atomic E-state index is -0.631. The maximum atomic E-state index is 6.10. The van der Waals surface area contributed by atoms with Crippen molar-refractivity contribution in [3.8, 4) is 11.1 Å². The van der Waals surface area contributed by atoms with Gasteiger partial charge in [-0.05, 0) is 47.1 Å². The SMILES string of the molecule is Clc1ccc(-c2ccccc2P(c2ccccc2)c2ccccc2)cc1. The summed E-state index contributed by atoms with van der Waals surface area (Å²) >= 11 is 6.10. The molecule has 0 saturated carbocycles. The van der Waals surface area contributed by atoms with E-state index in [4.69, 9.17) is 11.6 Å². The lowest BCUT2D eigenvalue weighted by Gasteiger charge is -2.22. The van der Waals surface area contributed by atoms with Crippen LogP contribution in [0.25, 0.3) is 11.1 Å². The molecular weight excluding hydrogens is 355 g/mol. The third-order valence-electron chi connectivity index (χ3n) is 4.33. The first kappa shape index (κ1) is 17.0. The molecule has 0 amide bonds. The smallest absolute Gasteiger partial charge is 0.0406 e. The normalized spacial score (nSPS) is 10.8. The number of benzene rings is 4. The molecule has 0 atom stereocenters. The van der Waals surface area contributed by atoms with Gasteiger partial charge < -0.3 is 0 Å². The van der Waals surface area contributed by atoms with Crippen LogP contribution in [0.4, 0.5) is 0 Å². The van der Waals surface area contributed by atoms with Gasteiger partial charge in [-0.3, -0.25) is 0 Å². The molecule has 0 saturated heterocycles. The first-order valence-electron chi connectivity index (χ1n) is 8.58. The zero-order valence-corrected chi connectivity index (χ0v) is 15.9. The molecule has 4 aromatic carbocycles. The van der Waals surface area contributed by atoms with Crippen LogP contribution in [0.1, 0.15) is 0 Å². The second kappa shape index (κ2) is 7.87. The van der Waals surface area contributed by atoms with Crippen molar-refractivity contribution in [2.75, 3.05) is 0 Å². The van der Waals surface area contributed by atoms with Crippen LogP contribution in [0.3, 0.4) is 0 Å². The highest BCUT2D eigenvalue weighted by molar-refractivity contribution is 7.80. The van der Waals surface area contributed by atoms with E-state index in [9.17, 15) is 0 Å². The van der Waals surface area contributed by atoms with Gasteiger partial charge in [-0.15, -0.1) is 0 Å². The largest absolute Gasteiger partial charge is 0.0843 e. The van der Waals surface area contributed by atoms with Gasteiger partial charge in [-0.1, -0.05) is 109 Å². The molecule has 0 nitrogen and oxygen atoms in total. The third-order valence-corrected chi connectivity index (χ3v) is 7.08. The fourth-order valence-corrected chi connectivity index (χ4v) is 5.72. The lowest BCUT2D eigenvalue weighted by molar-refractivity contribution is 1.64. The van der Waals surface area contributed by atoms with Crippen molar-refractivity contribution in [1.82, 2.24) is 0 Å². The predicted octanol–water partition coefficient (Wildman–Crippen LogP) is 5.77. The van der Waals surface area contributed by atoms with Gasteiger partial charge in [-0.25, -0.2) is 0 Å². The van der Waals surface area contributed by atoms with Crippen LogP contribution in [-0.2, 0) is 0 Å². The van der Waals surface area contributed by atoms with E-state index in [0.717, 1.165) is 5.02 Å². The molecule has 0 heterocycles. The predicted molar refractivity (Wildman–Crippen MR) is 116 cm³/mol. The molecule has 0 fully saturated rings. The standard InChI is InChI=1S/C24H18ClP/c25-20-17-15-19(16-18-20)23-13-7-8-14-24(23)26(21-9-3-1-4-10-21)22-11-5-2-6-12-22/h1-18H. The Bertz CT molecular complexity index is 940. The Morgan fingerprint density at radius 3 is 1.58 bits per heavy atom. The average Bonchev–Trinajstić information content (AvgIpc) is 2.71. The van der Waals surface area contributed by atoms with Crippen molar-refractivity contribution in [3.05, 3.63) is 114 Å². The third kappa shape index (κ3) is 3.58. The Labute approximate surface area is 160 Å². The highest BCUT2D eigenvalue weighted by atomic mass is 35.5. The van der Waals surface area contributed by atoms with Crippen molar-refractivity contribution in [2.45, 2.75) is 0 Å². The summed E-state index contributed by atoms with van der Waals surface area (Å²) < 4.78 is 0. The number of rotatable bonds is 4. The minimum Gasteiger partial charge on any atom is -0.0843 e. The van der Waals surface area contributed by atoms with Gasteiger partial charge in [0.25, 0.3) is 0 Å². The quantitative estimate of drug-likeness (QED) is 0.399. The first-order valence-corrected chi connectivity index (χ1v) is 10.3. The molecule has 26 heavy (non-hydrogen) atoms. The molecule has 0 N–H and O–H groups in total. The van der Waals surface area contributed by atoms with Crippen LogP contribution in [0.5, 0.6) is 0 Å². The summed E-state index contributed by atoms with van der Waals surface area (Å²) in [7, 11) is -0.631. The van der Waals surface area contributed by atoms with E-state index in [1.807, 2.05) is 12.1 Å². The fraction of sp³-hybridized carbons (Fsp3) is 0. The second-order valence-corrected chi connectivity index (χ2v) is 8.65. The lowest BCUT2D eigenvalue weighted by Crippen LogP contribution is -2.21. The van der Waals surface area contributed by atoms with E-state index in [1.54, 1.807) is 0 Å². The summed E-state index contributed by atoms with van der Waals surface area (Å²) in [5.41, 5.74) is 2.47. The van der Waals surface area contributed by atoms with Gasteiger partial charge >= 0.3 is 0 Å². The Morgan fingerprint density at radius 1 is 0.500 bits per heavy atom. The average molecular weight is 373 g/mol. The number of hydrogen-bond donors (Lipinski definition) is 0. The molecule has 2 heteroatoms. The van der Waals surface area contributed by atoms with Gasteiger partial charge in [-0.2, -0.15) is 0 Å². The highest BCUT2D eigenvalue weighted by Gasteiger charge is 2.19. The summed E-state index contributed by atoms with van der Waals surface area (Å²) in [5.74, 6) is 0. The maximum Gasteiger partial charge on any atom is 0.0406 e. The number of halogens is 1. The van der Waals surface area contributed by atoms with Gasteiger partial charge in [0.2, 0.25) is 0 Å². The highest BCUT2D eigenvalue weighted by Crippen LogP contribution is 2.37. The zero-order valence-electron chi connectivity index (χ0n) is 14.2. The maximum absolute atomic E-state index is 6.10. The molecule has 0 bridgehead atoms. The molecule has 0 radical (unpaired) electrons. The molecular formula is C24H18ClP. The molecule has 0 aromatic heterocycles. The van der Waals surface area contributed by atoms with Crippen LogP contribution in [-0.4, -0.2) is 0 Å². The topological polar surface area (TPSA) is 0 Å². The van der Waals surface area contributed by atoms with Crippen LogP contribution in [0, 0.1) is 0 Å². The van der Waals surface area contributed by atoms with Crippen molar-refractivity contribution in [1.29, 1.82) is 0 Å². The van der Waals surface area contributed by atoms with Crippen molar-refractivity contribution in [2.24, 2.45) is 0 Å². The Hall–Kier alpha value is -2.40. The van der Waals surface area contributed by atoms with Crippen LogP contribution in [0.15, 0.2) is 109 Å². The van der Waals surface area contributed by atoms with Crippen LogP contribution >= 0.6 is 19.5 Å². The summed E-state index contributed by atoms with van der Waals surface area (Å²) in [6.45, 7) is 0. The monoisotopic (exact) mass is 372 g/mol. The van der Waals surface area contributed by atoms with Crippen LogP contribution < -0.4 is 15.9 Å². The van der Waals surface area contributed by atoms with Crippen molar-refractivity contribution < 1.29 is 0 Å². The van der Waals surface area contributed by atoms with Crippen molar-refractivity contribution >= 4 is 35.4 Å². The lowest BCUT2D eigenvalue weighted by atomic mass is 10.1. The van der Waals surface area contributed by atoms with E-state index >= 15 is 0 Å². The van der Waals surface area contributed by atoms with Crippen molar-refractivity contribution in [3.63, 3.8) is 0 Å². The first-order chi connectivity index (χ1) is 12.8. The molecule has 4 rings (SSSR count). The molecule has 0 aliphatic heterocycles. The molecule has 0 aliphatic carbocycles.